The highest BCUT2D eigenvalue weighted by atomic mass is 16.7. The monoisotopic (exact) mass is 209 g/mol. The zero-order chi connectivity index (χ0) is 11.1. The van der Waals surface area contributed by atoms with Crippen molar-refractivity contribution in [2.24, 2.45) is 0 Å². The van der Waals surface area contributed by atoms with Crippen LogP contribution in [0.15, 0.2) is 30.3 Å². The van der Waals surface area contributed by atoms with Gasteiger partial charge in [0.15, 0.2) is 0 Å². The Morgan fingerprint density at radius 1 is 1.27 bits per heavy atom. The van der Waals surface area contributed by atoms with Gasteiger partial charge < -0.3 is 4.74 Å². The van der Waals surface area contributed by atoms with Crippen LogP contribution in [0, 0.1) is 0 Å². The Bertz CT molecular complexity index is 264. The average Bonchev–Trinajstić information content (AvgIpc) is 2.31. The quantitative estimate of drug-likeness (QED) is 0.731. The molecule has 0 spiro atoms. The Labute approximate surface area is 91.4 Å². The van der Waals surface area contributed by atoms with Crippen molar-refractivity contribution < 1.29 is 9.57 Å². The topological polar surface area (TPSA) is 30.5 Å². The molecule has 1 N–H and O–H groups in total. The second-order valence-corrected chi connectivity index (χ2v) is 3.47. The lowest BCUT2D eigenvalue weighted by Gasteiger charge is -2.21. The second-order valence-electron chi connectivity index (χ2n) is 3.47. The summed E-state index contributed by atoms with van der Waals surface area (Å²) in [6.07, 6.45) is 1.07. The summed E-state index contributed by atoms with van der Waals surface area (Å²) in [6.45, 7) is 4.08. The van der Waals surface area contributed by atoms with Crippen molar-refractivity contribution in [3.8, 4) is 0 Å². The summed E-state index contributed by atoms with van der Waals surface area (Å²) < 4.78 is 5.23. The fourth-order valence-electron chi connectivity index (χ4n) is 1.31. The van der Waals surface area contributed by atoms with Crippen molar-refractivity contribution in [1.29, 1.82) is 0 Å². The Morgan fingerprint density at radius 2 is 1.93 bits per heavy atom. The van der Waals surface area contributed by atoms with E-state index < -0.39 is 0 Å². The minimum Gasteiger partial charge on any atom is -0.379 e. The predicted octanol–water partition coefficient (Wildman–Crippen LogP) is 2.84. The molecule has 2 unspecified atom stereocenters. The lowest BCUT2D eigenvalue weighted by molar-refractivity contribution is -0.0283. The number of methoxy groups -OCH3 is 1. The summed E-state index contributed by atoms with van der Waals surface area (Å²) in [4.78, 5) is 5.56. The van der Waals surface area contributed by atoms with Gasteiger partial charge in [-0.25, -0.2) is 0 Å². The van der Waals surface area contributed by atoms with E-state index in [1.165, 1.54) is 0 Å². The minimum absolute atomic E-state index is 0.0650. The van der Waals surface area contributed by atoms with Crippen LogP contribution in [0.25, 0.3) is 0 Å². The summed E-state index contributed by atoms with van der Waals surface area (Å²) in [7, 11) is 1.69. The lowest BCUT2D eigenvalue weighted by Crippen LogP contribution is -2.29. The van der Waals surface area contributed by atoms with Crippen molar-refractivity contribution in [3.05, 3.63) is 30.3 Å². The Balaban J connectivity index is 2.41. The Hall–Kier alpha value is -1.06. The molecule has 0 aliphatic rings. The second kappa shape index (κ2) is 6.43. The summed E-state index contributed by atoms with van der Waals surface area (Å²) >= 11 is 0. The van der Waals surface area contributed by atoms with Crippen LogP contribution in [-0.2, 0) is 9.57 Å². The number of anilines is 1. The van der Waals surface area contributed by atoms with Crippen LogP contribution < -0.4 is 5.48 Å². The molecule has 3 nitrogen and oxygen atoms in total. The van der Waals surface area contributed by atoms with Gasteiger partial charge in [0.1, 0.15) is 6.10 Å². The zero-order valence-corrected chi connectivity index (χ0v) is 9.57. The zero-order valence-electron chi connectivity index (χ0n) is 9.57. The van der Waals surface area contributed by atoms with Crippen LogP contribution in [0.1, 0.15) is 20.3 Å². The molecule has 0 saturated carbocycles. The van der Waals surface area contributed by atoms with Crippen LogP contribution in [-0.4, -0.2) is 19.3 Å². The first-order valence-corrected chi connectivity index (χ1v) is 5.27. The summed E-state index contributed by atoms with van der Waals surface area (Å²) in [5, 5.41) is 0. The van der Waals surface area contributed by atoms with Crippen LogP contribution in [0.2, 0.25) is 0 Å². The van der Waals surface area contributed by atoms with Crippen molar-refractivity contribution >= 4 is 5.69 Å². The number of rotatable bonds is 6. The van der Waals surface area contributed by atoms with Gasteiger partial charge in [0.2, 0.25) is 0 Å². The minimum atomic E-state index is 0.0650. The van der Waals surface area contributed by atoms with E-state index in [0.29, 0.717) is 0 Å². The smallest absolute Gasteiger partial charge is 0.111 e. The van der Waals surface area contributed by atoms with E-state index in [9.17, 15) is 0 Å². The molecule has 1 aromatic rings. The molecule has 0 amide bonds. The van der Waals surface area contributed by atoms with Gasteiger partial charge in [0, 0.05) is 7.11 Å². The predicted molar refractivity (Wildman–Crippen MR) is 61.7 cm³/mol. The van der Waals surface area contributed by atoms with E-state index in [2.05, 4.69) is 12.4 Å². The van der Waals surface area contributed by atoms with Gasteiger partial charge >= 0.3 is 0 Å². The van der Waals surface area contributed by atoms with Gasteiger partial charge in [-0.05, 0) is 25.5 Å². The van der Waals surface area contributed by atoms with Gasteiger partial charge in [-0.3, -0.25) is 10.3 Å². The van der Waals surface area contributed by atoms with E-state index in [1.54, 1.807) is 7.11 Å². The molecule has 1 rings (SSSR count). The molecule has 15 heavy (non-hydrogen) atoms. The van der Waals surface area contributed by atoms with Crippen LogP contribution in [0.4, 0.5) is 5.69 Å². The normalized spacial score (nSPS) is 14.6. The van der Waals surface area contributed by atoms with Crippen molar-refractivity contribution in [2.75, 3.05) is 12.6 Å². The molecule has 0 radical (unpaired) electrons. The number of nitrogens with one attached hydrogen (secondary N) is 1. The van der Waals surface area contributed by atoms with E-state index in [1.807, 2.05) is 37.3 Å². The standard InChI is InChI=1S/C12H19NO2/c1-4-12(10(2)14-3)15-13-11-8-6-5-7-9-11/h5-10,12-13H,4H2,1-3H3. The van der Waals surface area contributed by atoms with Gasteiger partial charge in [-0.2, -0.15) is 0 Å². The molecule has 0 fully saturated rings. The molecule has 3 heteroatoms. The third kappa shape index (κ3) is 3.90. The molecular formula is C12H19NO2. The highest BCUT2D eigenvalue weighted by molar-refractivity contribution is 5.40. The third-order valence-electron chi connectivity index (χ3n) is 2.40. The molecule has 0 heterocycles. The molecule has 0 saturated heterocycles. The highest BCUT2D eigenvalue weighted by Gasteiger charge is 2.15. The highest BCUT2D eigenvalue weighted by Crippen LogP contribution is 2.10. The van der Waals surface area contributed by atoms with Crippen LogP contribution in [0.3, 0.4) is 0 Å². The molecule has 0 aromatic heterocycles. The number of hydrogen-bond acceptors (Lipinski definition) is 3. The van der Waals surface area contributed by atoms with Gasteiger partial charge in [-0.15, -0.1) is 0 Å². The maximum Gasteiger partial charge on any atom is 0.111 e. The maximum absolute atomic E-state index is 5.56. The van der Waals surface area contributed by atoms with Crippen molar-refractivity contribution in [1.82, 2.24) is 0 Å². The fourth-order valence-corrected chi connectivity index (χ4v) is 1.31. The van der Waals surface area contributed by atoms with Gasteiger partial charge in [-0.1, -0.05) is 25.1 Å². The van der Waals surface area contributed by atoms with Crippen molar-refractivity contribution in [2.45, 2.75) is 32.5 Å². The van der Waals surface area contributed by atoms with Crippen LogP contribution >= 0.6 is 0 Å². The molecule has 2 atom stereocenters. The number of para-hydroxylation sites is 1. The molecule has 1 aromatic carbocycles. The molecule has 0 bridgehead atoms. The number of ether oxygens (including phenoxy) is 1. The van der Waals surface area contributed by atoms with E-state index in [0.717, 1.165) is 12.1 Å². The first-order valence-electron chi connectivity index (χ1n) is 5.27. The summed E-state index contributed by atoms with van der Waals surface area (Å²) in [5.41, 5.74) is 3.89. The van der Waals surface area contributed by atoms with Gasteiger partial charge in [0.25, 0.3) is 0 Å². The van der Waals surface area contributed by atoms with Crippen molar-refractivity contribution in [3.63, 3.8) is 0 Å². The van der Waals surface area contributed by atoms with E-state index >= 15 is 0 Å². The Kier molecular flexibility index (Phi) is 5.15. The van der Waals surface area contributed by atoms with E-state index in [4.69, 9.17) is 9.57 Å². The Morgan fingerprint density at radius 3 is 2.47 bits per heavy atom. The van der Waals surface area contributed by atoms with Gasteiger partial charge in [0.05, 0.1) is 11.8 Å². The molecule has 0 aliphatic heterocycles. The first-order chi connectivity index (χ1) is 7.27. The maximum atomic E-state index is 5.56. The largest absolute Gasteiger partial charge is 0.379 e. The SMILES string of the molecule is CCC(ONc1ccccc1)C(C)OC. The first kappa shape index (κ1) is 12.0. The summed E-state index contributed by atoms with van der Waals surface area (Å²) in [5.74, 6) is 0. The number of hydrogen-bond donors (Lipinski definition) is 1. The number of benzene rings is 1. The fraction of sp³-hybridized carbons (Fsp3) is 0.500. The molecule has 84 valence electrons. The van der Waals surface area contributed by atoms with E-state index in [-0.39, 0.29) is 12.2 Å². The lowest BCUT2D eigenvalue weighted by atomic mass is 10.2. The summed E-state index contributed by atoms with van der Waals surface area (Å²) in [6, 6.07) is 9.83. The van der Waals surface area contributed by atoms with Crippen LogP contribution in [0.5, 0.6) is 0 Å². The molecular weight excluding hydrogens is 190 g/mol. The average molecular weight is 209 g/mol. The molecule has 0 aliphatic carbocycles. The third-order valence-corrected chi connectivity index (χ3v) is 2.40.